The van der Waals surface area contributed by atoms with Gasteiger partial charge < -0.3 is 19.5 Å². The predicted molar refractivity (Wildman–Crippen MR) is 75.0 cm³/mol. The lowest BCUT2D eigenvalue weighted by Crippen LogP contribution is -2.45. The van der Waals surface area contributed by atoms with Crippen molar-refractivity contribution in [3.05, 3.63) is 0 Å². The van der Waals surface area contributed by atoms with Crippen molar-refractivity contribution in [3.8, 4) is 0 Å². The molecule has 0 aliphatic rings. The Bertz CT molecular complexity index is 325. The second-order valence-corrected chi connectivity index (χ2v) is 4.13. The molecule has 0 heterocycles. The van der Waals surface area contributed by atoms with E-state index in [9.17, 15) is 14.4 Å². The van der Waals surface area contributed by atoms with Gasteiger partial charge in [-0.1, -0.05) is 0 Å². The topological polar surface area (TPSA) is 105 Å². The largest absolute Gasteiger partial charge is 0.481 e. The quantitative estimate of drug-likeness (QED) is 0.537. The fourth-order valence-corrected chi connectivity index (χ4v) is 1.43. The van der Waals surface area contributed by atoms with E-state index < -0.39 is 17.9 Å². The Balaban J connectivity index is 4.26. The van der Waals surface area contributed by atoms with Gasteiger partial charge >= 0.3 is 12.0 Å². The molecule has 0 fully saturated rings. The minimum atomic E-state index is -1.08. The number of carboxylic acid groups (broad SMARTS) is 1. The van der Waals surface area contributed by atoms with E-state index >= 15 is 0 Å². The minimum absolute atomic E-state index is 0.230. The van der Waals surface area contributed by atoms with Gasteiger partial charge in [0, 0.05) is 32.7 Å². The van der Waals surface area contributed by atoms with Gasteiger partial charge in [-0.25, -0.2) is 4.79 Å². The fourth-order valence-electron chi connectivity index (χ4n) is 1.43. The molecule has 0 bridgehead atoms. The summed E-state index contributed by atoms with van der Waals surface area (Å²) < 4.78 is 10.4. The standard InChI is InChI=1S/C13H24N2O6/c1-3-20-9-7-15(8-10-21-4-2)13(19)14-11(16)5-6-12(17)18/h3-10H2,1-2H3,(H,17,18)(H,14,16,19). The van der Waals surface area contributed by atoms with Gasteiger partial charge in [0.1, 0.15) is 0 Å². The van der Waals surface area contributed by atoms with E-state index in [0.717, 1.165) is 0 Å². The van der Waals surface area contributed by atoms with Crippen LogP contribution in [0.4, 0.5) is 4.79 Å². The van der Waals surface area contributed by atoms with Crippen LogP contribution in [0.1, 0.15) is 26.7 Å². The Labute approximate surface area is 124 Å². The number of carboxylic acids is 1. The summed E-state index contributed by atoms with van der Waals surface area (Å²) in [6.45, 7) is 6.16. The lowest BCUT2D eigenvalue weighted by Gasteiger charge is -2.22. The SMILES string of the molecule is CCOCCN(CCOCC)C(=O)NC(=O)CCC(=O)O. The summed E-state index contributed by atoms with van der Waals surface area (Å²) in [5.41, 5.74) is 0. The van der Waals surface area contributed by atoms with Gasteiger partial charge in [0.15, 0.2) is 0 Å². The number of nitrogens with zero attached hydrogens (tertiary/aromatic N) is 1. The molecule has 0 aromatic rings. The highest BCUT2D eigenvalue weighted by Crippen LogP contribution is 1.94. The smallest absolute Gasteiger partial charge is 0.324 e. The summed E-state index contributed by atoms with van der Waals surface area (Å²) in [6.07, 6.45) is -0.539. The van der Waals surface area contributed by atoms with E-state index in [1.807, 2.05) is 13.8 Å². The molecule has 122 valence electrons. The molecular weight excluding hydrogens is 280 g/mol. The summed E-state index contributed by atoms with van der Waals surface area (Å²) in [4.78, 5) is 35.1. The first kappa shape index (κ1) is 19.3. The second kappa shape index (κ2) is 12.1. The molecule has 0 atom stereocenters. The van der Waals surface area contributed by atoms with Gasteiger partial charge in [-0.15, -0.1) is 0 Å². The zero-order valence-electron chi connectivity index (χ0n) is 12.6. The third-order valence-electron chi connectivity index (χ3n) is 2.52. The predicted octanol–water partition coefficient (Wildman–Crippen LogP) is 0.462. The summed E-state index contributed by atoms with van der Waals surface area (Å²) >= 11 is 0. The van der Waals surface area contributed by atoms with Crippen molar-refractivity contribution in [1.82, 2.24) is 10.2 Å². The summed E-state index contributed by atoms with van der Waals surface area (Å²) in [5, 5.41) is 10.6. The van der Waals surface area contributed by atoms with Gasteiger partial charge in [-0.2, -0.15) is 0 Å². The molecule has 0 radical (unpaired) electrons. The number of imide groups is 1. The molecule has 0 aliphatic heterocycles. The third-order valence-corrected chi connectivity index (χ3v) is 2.52. The van der Waals surface area contributed by atoms with Crippen LogP contribution in [-0.2, 0) is 19.1 Å². The number of hydrogen-bond donors (Lipinski definition) is 2. The maximum Gasteiger partial charge on any atom is 0.324 e. The molecule has 0 aliphatic carbocycles. The summed E-state index contributed by atoms with van der Waals surface area (Å²) in [7, 11) is 0. The average Bonchev–Trinajstić information content (AvgIpc) is 2.43. The Morgan fingerprint density at radius 1 is 1.00 bits per heavy atom. The monoisotopic (exact) mass is 304 g/mol. The average molecular weight is 304 g/mol. The van der Waals surface area contributed by atoms with Crippen LogP contribution in [0, 0.1) is 0 Å². The first-order chi connectivity index (χ1) is 10.0. The van der Waals surface area contributed by atoms with Crippen molar-refractivity contribution in [2.24, 2.45) is 0 Å². The molecule has 8 heteroatoms. The van der Waals surface area contributed by atoms with Gasteiger partial charge in [-0.3, -0.25) is 14.9 Å². The third kappa shape index (κ3) is 10.7. The zero-order valence-corrected chi connectivity index (χ0v) is 12.6. The molecule has 0 aromatic carbocycles. The molecule has 3 amide bonds. The van der Waals surface area contributed by atoms with Gasteiger partial charge in [0.05, 0.1) is 19.6 Å². The van der Waals surface area contributed by atoms with Gasteiger partial charge in [-0.05, 0) is 13.8 Å². The minimum Gasteiger partial charge on any atom is -0.481 e. The number of ether oxygens (including phenoxy) is 2. The van der Waals surface area contributed by atoms with Crippen LogP contribution in [-0.4, -0.2) is 67.4 Å². The summed E-state index contributed by atoms with van der Waals surface area (Å²) in [5.74, 6) is -1.69. The molecule has 21 heavy (non-hydrogen) atoms. The van der Waals surface area contributed by atoms with Crippen molar-refractivity contribution in [2.75, 3.05) is 39.5 Å². The first-order valence-electron chi connectivity index (χ1n) is 6.97. The van der Waals surface area contributed by atoms with Crippen LogP contribution < -0.4 is 5.32 Å². The highest BCUT2D eigenvalue weighted by atomic mass is 16.5. The molecule has 0 aromatic heterocycles. The molecule has 0 saturated heterocycles. The van der Waals surface area contributed by atoms with Crippen molar-refractivity contribution < 1.29 is 29.0 Å². The lowest BCUT2D eigenvalue weighted by molar-refractivity contribution is -0.138. The normalized spacial score (nSPS) is 10.2. The van der Waals surface area contributed by atoms with Crippen molar-refractivity contribution in [3.63, 3.8) is 0 Å². The number of nitrogens with one attached hydrogen (secondary N) is 1. The Morgan fingerprint density at radius 3 is 1.95 bits per heavy atom. The zero-order chi connectivity index (χ0) is 16.1. The van der Waals surface area contributed by atoms with E-state index in [1.165, 1.54) is 4.90 Å². The van der Waals surface area contributed by atoms with E-state index in [-0.39, 0.29) is 12.8 Å². The van der Waals surface area contributed by atoms with E-state index in [1.54, 1.807) is 0 Å². The number of hydrogen-bond acceptors (Lipinski definition) is 5. The highest BCUT2D eigenvalue weighted by Gasteiger charge is 2.16. The van der Waals surface area contributed by atoms with Crippen molar-refractivity contribution in [1.29, 1.82) is 0 Å². The Morgan fingerprint density at radius 2 is 1.52 bits per heavy atom. The molecule has 2 N–H and O–H groups in total. The lowest BCUT2D eigenvalue weighted by atomic mass is 10.3. The Kier molecular flexibility index (Phi) is 11.1. The van der Waals surface area contributed by atoms with E-state index in [4.69, 9.17) is 14.6 Å². The molecule has 0 saturated carbocycles. The molecule has 0 spiro atoms. The number of amides is 3. The van der Waals surface area contributed by atoms with Crippen molar-refractivity contribution in [2.45, 2.75) is 26.7 Å². The van der Waals surface area contributed by atoms with Gasteiger partial charge in [0.25, 0.3) is 0 Å². The maximum absolute atomic E-state index is 11.9. The highest BCUT2D eigenvalue weighted by molar-refractivity contribution is 5.95. The van der Waals surface area contributed by atoms with Gasteiger partial charge in [0.2, 0.25) is 5.91 Å². The first-order valence-corrected chi connectivity index (χ1v) is 6.97. The van der Waals surface area contributed by atoms with Crippen LogP contribution in [0.15, 0.2) is 0 Å². The molecular formula is C13H24N2O6. The number of carbonyl (C=O) groups is 3. The number of carbonyl (C=O) groups excluding carboxylic acids is 2. The number of rotatable bonds is 11. The van der Waals surface area contributed by atoms with Crippen LogP contribution in [0.2, 0.25) is 0 Å². The Hall–Kier alpha value is -1.67. The van der Waals surface area contributed by atoms with Crippen LogP contribution in [0.3, 0.4) is 0 Å². The summed E-state index contributed by atoms with van der Waals surface area (Å²) in [6, 6.07) is -0.565. The van der Waals surface area contributed by atoms with E-state index in [2.05, 4.69) is 5.32 Å². The van der Waals surface area contributed by atoms with Crippen LogP contribution in [0.25, 0.3) is 0 Å². The molecule has 0 rings (SSSR count). The fraction of sp³-hybridized carbons (Fsp3) is 0.769. The molecule has 0 unspecified atom stereocenters. The number of urea groups is 1. The molecule has 8 nitrogen and oxygen atoms in total. The second-order valence-electron chi connectivity index (χ2n) is 4.13. The van der Waals surface area contributed by atoms with Crippen molar-refractivity contribution >= 4 is 17.9 Å². The number of aliphatic carboxylic acids is 1. The van der Waals surface area contributed by atoms with Crippen LogP contribution in [0.5, 0.6) is 0 Å². The van der Waals surface area contributed by atoms with E-state index in [0.29, 0.717) is 39.5 Å². The van der Waals surface area contributed by atoms with Crippen LogP contribution >= 0.6 is 0 Å². The maximum atomic E-state index is 11.9.